The minimum Gasteiger partial charge on any atom is -0.508 e. The zero-order valence-electron chi connectivity index (χ0n) is 25.5. The number of hydrogen-bond donors (Lipinski definition) is 4. The summed E-state index contributed by atoms with van der Waals surface area (Å²) in [5.41, 5.74) is 5.10. The summed E-state index contributed by atoms with van der Waals surface area (Å²) in [5, 5.41) is 24.3. The maximum absolute atomic E-state index is 13.0. The number of hydrogen-bond acceptors (Lipinski definition) is 10. The number of anilines is 1. The van der Waals surface area contributed by atoms with Crippen molar-refractivity contribution in [3.05, 3.63) is 41.5 Å². The molecule has 2 aliphatic rings. The first-order valence-corrected chi connectivity index (χ1v) is 13.8. The Hall–Kier alpha value is -3.16. The number of fused-ring (bicyclic) bond motifs is 3. The van der Waals surface area contributed by atoms with E-state index in [0.29, 0.717) is 17.6 Å². The van der Waals surface area contributed by atoms with Crippen LogP contribution >= 0.6 is 0 Å². The second kappa shape index (κ2) is 13.9. The molecule has 4 unspecified atom stereocenters. The predicted molar refractivity (Wildman–Crippen MR) is 154 cm³/mol. The van der Waals surface area contributed by atoms with Gasteiger partial charge >= 0.3 is 6.09 Å². The average molecular weight is 593 g/mol. The molecule has 0 aliphatic carbocycles. The van der Waals surface area contributed by atoms with Crippen molar-refractivity contribution in [1.29, 1.82) is 0 Å². The molecule has 1 saturated heterocycles. The highest BCUT2D eigenvalue weighted by atomic mass is 16.7. The van der Waals surface area contributed by atoms with Crippen LogP contribution in [-0.4, -0.2) is 86.8 Å². The number of amides is 2. The van der Waals surface area contributed by atoms with Crippen LogP contribution < -0.4 is 11.1 Å². The number of benzene rings is 1. The number of methoxy groups -OCH3 is 4. The predicted octanol–water partition coefficient (Wildman–Crippen LogP) is 3.57. The SMILES string of the molecule is COC1[C@@H](C)C2OC2(C)[C@H](OC(N)=O)C(OC)/C=C\C=C(/C)C(=O)Nc2cc(O)cc(c2O)[C@H](OC)[C@@H](C)C[C@@H]1OC. The summed E-state index contributed by atoms with van der Waals surface area (Å²) in [4.78, 5) is 24.9. The first kappa shape index (κ1) is 33.3. The molecule has 9 atom stereocenters. The highest BCUT2D eigenvalue weighted by Gasteiger charge is 2.64. The van der Waals surface area contributed by atoms with E-state index >= 15 is 0 Å². The number of allylic oxidation sites excluding steroid dienone is 2. The smallest absolute Gasteiger partial charge is 0.404 e. The quantitative estimate of drug-likeness (QED) is 0.225. The van der Waals surface area contributed by atoms with Crippen LogP contribution in [0.2, 0.25) is 0 Å². The molecule has 5 N–H and O–H groups in total. The molecular formula is C30H44N2O10. The minimum absolute atomic E-state index is 0.0282. The first-order chi connectivity index (χ1) is 19.8. The molecule has 1 aromatic rings. The normalized spacial score (nSPS) is 36.2. The summed E-state index contributed by atoms with van der Waals surface area (Å²) < 4.78 is 35.0. The van der Waals surface area contributed by atoms with Crippen molar-refractivity contribution in [2.24, 2.45) is 17.6 Å². The van der Waals surface area contributed by atoms with Crippen molar-refractivity contribution in [3.8, 4) is 11.5 Å². The fourth-order valence-electron chi connectivity index (χ4n) is 5.99. The van der Waals surface area contributed by atoms with E-state index in [1.165, 1.54) is 32.4 Å². The van der Waals surface area contributed by atoms with Crippen LogP contribution in [0.3, 0.4) is 0 Å². The maximum atomic E-state index is 13.0. The molecule has 0 aromatic heterocycles. The van der Waals surface area contributed by atoms with E-state index in [0.717, 1.165) is 0 Å². The second-order valence-electron chi connectivity index (χ2n) is 11.1. The van der Waals surface area contributed by atoms with Crippen molar-refractivity contribution < 1.29 is 48.2 Å². The zero-order chi connectivity index (χ0) is 31.4. The van der Waals surface area contributed by atoms with Crippen molar-refractivity contribution >= 4 is 17.7 Å². The molecule has 0 saturated carbocycles. The van der Waals surface area contributed by atoms with Gasteiger partial charge < -0.3 is 49.7 Å². The number of primary amides is 1. The van der Waals surface area contributed by atoms with Crippen LogP contribution in [-0.2, 0) is 33.2 Å². The van der Waals surface area contributed by atoms with Crippen molar-refractivity contribution in [2.75, 3.05) is 33.8 Å². The lowest BCUT2D eigenvalue weighted by atomic mass is 9.82. The lowest BCUT2D eigenvalue weighted by Gasteiger charge is -2.34. The second-order valence-corrected chi connectivity index (χ2v) is 11.1. The van der Waals surface area contributed by atoms with E-state index in [2.05, 4.69) is 5.32 Å². The monoisotopic (exact) mass is 592 g/mol. The molecule has 2 bridgehead atoms. The summed E-state index contributed by atoms with van der Waals surface area (Å²) in [6, 6.07) is 2.68. The molecule has 12 nitrogen and oxygen atoms in total. The largest absolute Gasteiger partial charge is 0.508 e. The number of nitrogens with one attached hydrogen (secondary N) is 1. The Morgan fingerprint density at radius 2 is 1.79 bits per heavy atom. The molecule has 2 amide bonds. The topological polar surface area (TPSA) is 171 Å². The number of rotatable bonds is 5. The van der Waals surface area contributed by atoms with Crippen LogP contribution in [0.15, 0.2) is 35.9 Å². The number of carbonyl (C=O) groups is 2. The van der Waals surface area contributed by atoms with Gasteiger partial charge in [0.05, 0.1) is 30.1 Å². The Kier molecular flexibility index (Phi) is 11.0. The number of phenolic OH excluding ortho intramolecular Hbond substituents is 2. The Labute approximate surface area is 246 Å². The Bertz CT molecular complexity index is 1190. The van der Waals surface area contributed by atoms with Gasteiger partial charge in [0.1, 0.15) is 23.2 Å². The Balaban J connectivity index is 2.13. The Morgan fingerprint density at radius 3 is 2.36 bits per heavy atom. The molecule has 3 rings (SSSR count). The van der Waals surface area contributed by atoms with Gasteiger partial charge in [0.2, 0.25) is 0 Å². The van der Waals surface area contributed by atoms with Gasteiger partial charge in [-0.3, -0.25) is 4.79 Å². The number of ether oxygens (including phenoxy) is 6. The van der Waals surface area contributed by atoms with E-state index in [4.69, 9.17) is 34.2 Å². The molecule has 0 radical (unpaired) electrons. The van der Waals surface area contributed by atoms with Gasteiger partial charge in [0, 0.05) is 51.6 Å². The standard InChI is InChI=1S/C30H44N2O10/c1-15-10-9-11-21(37-5)27(41-29(31)36)30(4)26(42-30)17(3)25(40-8)22(38-6)12-16(2)24(39-7)19-13-18(33)14-20(23(19)34)32-28(15)35/h9-11,13-14,16-17,21-22,24-27,33-34H,12H2,1-8H3,(H2,31,36)(H,32,35)/b11-9-,15-10+/t16-,17+,21?,22-,24+,25?,26?,27+,30?/m0/s1. The van der Waals surface area contributed by atoms with Gasteiger partial charge in [-0.15, -0.1) is 0 Å². The lowest BCUT2D eigenvalue weighted by Crippen LogP contribution is -2.47. The van der Waals surface area contributed by atoms with Gasteiger partial charge in [-0.05, 0) is 32.3 Å². The number of epoxide rings is 1. The highest BCUT2D eigenvalue weighted by Crippen LogP contribution is 2.49. The summed E-state index contributed by atoms with van der Waals surface area (Å²) in [7, 11) is 6.14. The van der Waals surface area contributed by atoms with Gasteiger partial charge in [0.25, 0.3) is 5.91 Å². The summed E-state index contributed by atoms with van der Waals surface area (Å²) in [6.07, 6.45) is 0.568. The van der Waals surface area contributed by atoms with E-state index in [1.54, 1.807) is 33.3 Å². The molecule has 2 heterocycles. The van der Waals surface area contributed by atoms with E-state index in [-0.39, 0.29) is 29.0 Å². The summed E-state index contributed by atoms with van der Waals surface area (Å²) in [6.45, 7) is 7.30. The Morgan fingerprint density at radius 1 is 1.10 bits per heavy atom. The molecule has 42 heavy (non-hydrogen) atoms. The molecule has 234 valence electrons. The third-order valence-electron chi connectivity index (χ3n) is 8.26. The van der Waals surface area contributed by atoms with Gasteiger partial charge in [-0.2, -0.15) is 0 Å². The van der Waals surface area contributed by atoms with Gasteiger partial charge in [0.15, 0.2) is 6.10 Å². The summed E-state index contributed by atoms with van der Waals surface area (Å²) in [5.74, 6) is -1.37. The van der Waals surface area contributed by atoms with Gasteiger partial charge in [-0.1, -0.05) is 32.1 Å². The summed E-state index contributed by atoms with van der Waals surface area (Å²) >= 11 is 0. The van der Waals surface area contributed by atoms with Crippen LogP contribution in [0.5, 0.6) is 11.5 Å². The van der Waals surface area contributed by atoms with Crippen LogP contribution in [0, 0.1) is 11.8 Å². The van der Waals surface area contributed by atoms with Crippen LogP contribution in [0.1, 0.15) is 45.8 Å². The number of carbonyl (C=O) groups excluding carboxylic acids is 2. The lowest BCUT2D eigenvalue weighted by molar-refractivity contribution is -0.112. The van der Waals surface area contributed by atoms with Crippen molar-refractivity contribution in [1.82, 2.24) is 0 Å². The first-order valence-electron chi connectivity index (χ1n) is 13.8. The van der Waals surface area contributed by atoms with Gasteiger partial charge in [-0.25, -0.2) is 4.79 Å². The molecular weight excluding hydrogens is 548 g/mol. The van der Waals surface area contributed by atoms with Crippen LogP contribution in [0.25, 0.3) is 0 Å². The highest BCUT2D eigenvalue weighted by molar-refractivity contribution is 6.04. The third-order valence-corrected chi connectivity index (χ3v) is 8.26. The molecule has 1 fully saturated rings. The van der Waals surface area contributed by atoms with Crippen molar-refractivity contribution in [2.45, 2.75) is 76.3 Å². The number of aromatic hydroxyl groups is 2. The fourth-order valence-corrected chi connectivity index (χ4v) is 5.99. The molecule has 1 aromatic carbocycles. The minimum atomic E-state index is -0.981. The van der Waals surface area contributed by atoms with E-state index in [9.17, 15) is 19.8 Å². The number of nitrogens with two attached hydrogens (primary N) is 1. The third kappa shape index (κ3) is 7.07. The van der Waals surface area contributed by atoms with Crippen molar-refractivity contribution in [3.63, 3.8) is 0 Å². The van der Waals surface area contributed by atoms with E-state index < -0.39 is 54.2 Å². The molecule has 12 heteroatoms. The average Bonchev–Trinajstić information content (AvgIpc) is 3.64. The van der Waals surface area contributed by atoms with E-state index in [1.807, 2.05) is 20.8 Å². The van der Waals surface area contributed by atoms with Crippen LogP contribution in [0.4, 0.5) is 10.5 Å². The maximum Gasteiger partial charge on any atom is 0.404 e. The zero-order valence-corrected chi connectivity index (χ0v) is 25.5. The molecule has 2 aliphatic heterocycles. The molecule has 0 spiro atoms. The number of phenols is 2. The fraction of sp³-hybridized carbons (Fsp3) is 0.600.